The minimum atomic E-state index is 0.193. The normalized spacial score (nSPS) is 17.3. The summed E-state index contributed by atoms with van der Waals surface area (Å²) in [6, 6.07) is 7.85. The maximum Gasteiger partial charge on any atom is 0.191 e. The molecule has 2 heterocycles. The zero-order valence-corrected chi connectivity index (χ0v) is 14.7. The third-order valence-corrected chi connectivity index (χ3v) is 5.06. The zero-order valence-electron chi connectivity index (χ0n) is 13.9. The van der Waals surface area contributed by atoms with E-state index in [-0.39, 0.29) is 12.7 Å². The van der Waals surface area contributed by atoms with Gasteiger partial charge in [0.05, 0.1) is 19.8 Å². The SMILES string of the molecule is COc1ccc(-c2nnc(SCCCO)n2CC2CCCO2)cc1. The Morgan fingerprint density at radius 2 is 2.17 bits per heavy atom. The first kappa shape index (κ1) is 17.3. The molecule has 1 unspecified atom stereocenters. The second-order valence-electron chi connectivity index (χ2n) is 5.71. The van der Waals surface area contributed by atoms with Gasteiger partial charge in [0, 0.05) is 24.5 Å². The smallest absolute Gasteiger partial charge is 0.191 e. The lowest BCUT2D eigenvalue weighted by Crippen LogP contribution is -2.16. The Morgan fingerprint density at radius 1 is 1.33 bits per heavy atom. The van der Waals surface area contributed by atoms with Crippen molar-refractivity contribution in [3.05, 3.63) is 24.3 Å². The molecule has 1 aliphatic heterocycles. The average Bonchev–Trinajstić information content (AvgIpc) is 3.26. The summed E-state index contributed by atoms with van der Waals surface area (Å²) >= 11 is 1.63. The number of aliphatic hydroxyl groups excluding tert-OH is 1. The van der Waals surface area contributed by atoms with Crippen LogP contribution in [0.4, 0.5) is 0 Å². The highest BCUT2D eigenvalue weighted by Gasteiger charge is 2.21. The zero-order chi connectivity index (χ0) is 16.8. The third kappa shape index (κ3) is 4.09. The van der Waals surface area contributed by atoms with E-state index in [2.05, 4.69) is 14.8 Å². The molecule has 1 aliphatic rings. The van der Waals surface area contributed by atoms with Gasteiger partial charge in [0.1, 0.15) is 5.75 Å². The van der Waals surface area contributed by atoms with E-state index >= 15 is 0 Å². The molecule has 1 aromatic heterocycles. The number of hydrogen-bond acceptors (Lipinski definition) is 6. The first-order valence-electron chi connectivity index (χ1n) is 8.24. The van der Waals surface area contributed by atoms with Crippen LogP contribution in [-0.4, -0.2) is 52.1 Å². The van der Waals surface area contributed by atoms with Crippen molar-refractivity contribution in [2.24, 2.45) is 0 Å². The number of benzene rings is 1. The van der Waals surface area contributed by atoms with Crippen molar-refractivity contribution in [2.75, 3.05) is 26.1 Å². The summed E-state index contributed by atoms with van der Waals surface area (Å²) in [5, 5.41) is 18.6. The lowest BCUT2D eigenvalue weighted by Gasteiger charge is -2.14. The molecule has 1 N–H and O–H groups in total. The fourth-order valence-corrected chi connectivity index (χ4v) is 3.61. The van der Waals surface area contributed by atoms with Crippen LogP contribution in [0.1, 0.15) is 19.3 Å². The number of ether oxygens (including phenoxy) is 2. The van der Waals surface area contributed by atoms with Gasteiger partial charge < -0.3 is 14.6 Å². The number of rotatable bonds is 8. The van der Waals surface area contributed by atoms with Crippen molar-refractivity contribution in [2.45, 2.75) is 37.1 Å². The Kier molecular flexibility index (Phi) is 6.12. The Hall–Kier alpha value is -1.57. The molecule has 0 bridgehead atoms. The van der Waals surface area contributed by atoms with Crippen molar-refractivity contribution >= 4 is 11.8 Å². The van der Waals surface area contributed by atoms with Gasteiger partial charge in [-0.2, -0.15) is 0 Å². The summed E-state index contributed by atoms with van der Waals surface area (Å²) in [5.41, 5.74) is 1.01. The molecule has 7 heteroatoms. The molecule has 0 amide bonds. The van der Waals surface area contributed by atoms with Gasteiger partial charge in [-0.1, -0.05) is 11.8 Å². The largest absolute Gasteiger partial charge is 0.497 e. The number of methoxy groups -OCH3 is 1. The Balaban J connectivity index is 1.85. The number of nitrogens with zero attached hydrogens (tertiary/aromatic N) is 3. The predicted molar refractivity (Wildman–Crippen MR) is 93.4 cm³/mol. The van der Waals surface area contributed by atoms with Crippen molar-refractivity contribution in [1.82, 2.24) is 14.8 Å². The minimum Gasteiger partial charge on any atom is -0.497 e. The maximum atomic E-state index is 8.99. The first-order chi connectivity index (χ1) is 11.8. The average molecular weight is 349 g/mol. The molecular weight excluding hydrogens is 326 g/mol. The molecular formula is C17H23N3O3S. The first-order valence-corrected chi connectivity index (χ1v) is 9.23. The maximum absolute atomic E-state index is 8.99. The van der Waals surface area contributed by atoms with Crippen molar-refractivity contribution in [3.63, 3.8) is 0 Å². The van der Waals surface area contributed by atoms with Crippen molar-refractivity contribution in [1.29, 1.82) is 0 Å². The summed E-state index contributed by atoms with van der Waals surface area (Å²) in [7, 11) is 1.66. The van der Waals surface area contributed by atoms with Gasteiger partial charge in [-0.3, -0.25) is 4.57 Å². The van der Waals surface area contributed by atoms with E-state index in [1.54, 1.807) is 18.9 Å². The van der Waals surface area contributed by atoms with Crippen LogP contribution in [0, 0.1) is 0 Å². The standard InChI is InChI=1S/C17H23N3O3S/c1-22-14-7-5-13(6-8-14)16-18-19-17(24-11-3-9-21)20(16)12-15-4-2-10-23-15/h5-8,15,21H,2-4,9-12H2,1H3. The Bertz CT molecular complexity index is 639. The molecule has 24 heavy (non-hydrogen) atoms. The van der Waals surface area contributed by atoms with Crippen LogP contribution in [-0.2, 0) is 11.3 Å². The van der Waals surface area contributed by atoms with E-state index in [1.165, 1.54) is 0 Å². The molecule has 6 nitrogen and oxygen atoms in total. The van der Waals surface area contributed by atoms with E-state index < -0.39 is 0 Å². The molecule has 1 atom stereocenters. The highest BCUT2D eigenvalue weighted by molar-refractivity contribution is 7.99. The van der Waals surface area contributed by atoms with Crippen LogP contribution in [0.5, 0.6) is 5.75 Å². The predicted octanol–water partition coefficient (Wildman–Crippen LogP) is 2.61. The molecule has 3 rings (SSSR count). The topological polar surface area (TPSA) is 69.4 Å². The summed E-state index contributed by atoms with van der Waals surface area (Å²) < 4.78 is 13.2. The van der Waals surface area contributed by atoms with Gasteiger partial charge in [0.25, 0.3) is 0 Å². The molecule has 0 radical (unpaired) electrons. The summed E-state index contributed by atoms with van der Waals surface area (Å²) in [6.07, 6.45) is 3.14. The molecule has 130 valence electrons. The van der Waals surface area contributed by atoms with Gasteiger partial charge in [0.15, 0.2) is 11.0 Å². The quantitative estimate of drug-likeness (QED) is 0.584. The summed E-state index contributed by atoms with van der Waals surface area (Å²) in [5.74, 6) is 2.49. The van der Waals surface area contributed by atoms with Gasteiger partial charge in [-0.05, 0) is 43.5 Å². The lowest BCUT2D eigenvalue weighted by atomic mass is 10.2. The Morgan fingerprint density at radius 3 is 2.83 bits per heavy atom. The van der Waals surface area contributed by atoms with Crippen LogP contribution in [0.3, 0.4) is 0 Å². The summed E-state index contributed by atoms with van der Waals surface area (Å²) in [4.78, 5) is 0. The fraction of sp³-hybridized carbons (Fsp3) is 0.529. The van der Waals surface area contributed by atoms with Gasteiger partial charge >= 0.3 is 0 Å². The van der Waals surface area contributed by atoms with E-state index in [9.17, 15) is 0 Å². The van der Waals surface area contributed by atoms with Crippen LogP contribution < -0.4 is 4.74 Å². The van der Waals surface area contributed by atoms with E-state index in [1.807, 2.05) is 24.3 Å². The van der Waals surface area contributed by atoms with Crippen LogP contribution >= 0.6 is 11.8 Å². The van der Waals surface area contributed by atoms with E-state index in [4.69, 9.17) is 14.6 Å². The second kappa shape index (κ2) is 8.50. The van der Waals surface area contributed by atoms with Gasteiger partial charge in [-0.15, -0.1) is 10.2 Å². The van der Waals surface area contributed by atoms with Crippen molar-refractivity contribution < 1.29 is 14.6 Å². The molecule has 0 saturated carbocycles. The van der Waals surface area contributed by atoms with Crippen LogP contribution in [0.15, 0.2) is 29.4 Å². The van der Waals surface area contributed by atoms with Crippen molar-refractivity contribution in [3.8, 4) is 17.1 Å². The van der Waals surface area contributed by atoms with Crippen LogP contribution in [0.2, 0.25) is 0 Å². The van der Waals surface area contributed by atoms with Crippen LogP contribution in [0.25, 0.3) is 11.4 Å². The minimum absolute atomic E-state index is 0.193. The lowest BCUT2D eigenvalue weighted by molar-refractivity contribution is 0.0953. The molecule has 0 aliphatic carbocycles. The Labute approximate surface area is 146 Å². The highest BCUT2D eigenvalue weighted by atomic mass is 32.2. The number of aliphatic hydroxyl groups is 1. The van der Waals surface area contributed by atoms with Gasteiger partial charge in [-0.25, -0.2) is 0 Å². The molecule has 0 spiro atoms. The highest BCUT2D eigenvalue weighted by Crippen LogP contribution is 2.27. The van der Waals surface area contributed by atoms with E-state index in [0.717, 1.165) is 60.5 Å². The monoisotopic (exact) mass is 349 g/mol. The van der Waals surface area contributed by atoms with Gasteiger partial charge in [0.2, 0.25) is 0 Å². The number of aromatic nitrogens is 3. The number of thioether (sulfide) groups is 1. The fourth-order valence-electron chi connectivity index (χ4n) is 2.73. The molecule has 1 saturated heterocycles. The second-order valence-corrected chi connectivity index (χ2v) is 6.77. The molecule has 2 aromatic rings. The molecule has 1 fully saturated rings. The molecule has 1 aromatic carbocycles. The summed E-state index contributed by atoms with van der Waals surface area (Å²) in [6.45, 7) is 1.78. The third-order valence-electron chi connectivity index (χ3n) is 4.01. The van der Waals surface area contributed by atoms with E-state index in [0.29, 0.717) is 0 Å². The number of hydrogen-bond donors (Lipinski definition) is 1.